The molecule has 0 aliphatic heterocycles. The summed E-state index contributed by atoms with van der Waals surface area (Å²) in [6.45, 7) is 9.83. The number of hydrogen-bond donors (Lipinski definition) is 2. The van der Waals surface area contributed by atoms with Crippen molar-refractivity contribution < 1.29 is 24.5 Å². The number of nitrogens with zero attached hydrogens (tertiary/aromatic N) is 3. The zero-order chi connectivity index (χ0) is 25.7. The molecule has 0 radical (unpaired) electrons. The fraction of sp³-hybridized carbons (Fsp3) is 0.391. The first-order valence-corrected chi connectivity index (χ1v) is 10.4. The van der Waals surface area contributed by atoms with E-state index in [1.165, 1.54) is 24.4 Å². The Balaban J connectivity index is 2.05. The highest BCUT2D eigenvalue weighted by molar-refractivity contribution is 5.84. The lowest BCUT2D eigenvalue weighted by atomic mass is 9.72. The summed E-state index contributed by atoms with van der Waals surface area (Å²) in [7, 11) is 0. The van der Waals surface area contributed by atoms with Crippen molar-refractivity contribution in [3.63, 3.8) is 0 Å². The molecule has 0 spiro atoms. The lowest BCUT2D eigenvalue weighted by Gasteiger charge is -2.33. The number of carbonyl (C=O) groups excluding carboxylic acids is 1. The number of phenols is 1. The van der Waals surface area contributed by atoms with Gasteiger partial charge in [-0.1, -0.05) is 40.7 Å². The molecule has 2 aromatic carbocycles. The van der Waals surface area contributed by atoms with Crippen LogP contribution in [0.1, 0.15) is 52.2 Å². The molecular weight excluding hydrogens is 444 g/mol. The molecule has 0 unspecified atom stereocenters. The first kappa shape index (κ1) is 26.2. The molecule has 34 heavy (non-hydrogen) atoms. The fourth-order valence-electron chi connectivity index (χ4n) is 3.76. The topological polar surface area (TPSA) is 157 Å². The number of nitrogens with one attached hydrogen (secondary N) is 1. The zero-order valence-electron chi connectivity index (χ0n) is 19.7. The number of benzene rings is 2. The van der Waals surface area contributed by atoms with E-state index in [4.69, 9.17) is 4.74 Å². The summed E-state index contributed by atoms with van der Waals surface area (Å²) in [5.41, 5.74) is 2.32. The Morgan fingerprint density at radius 2 is 1.71 bits per heavy atom. The van der Waals surface area contributed by atoms with Crippen LogP contribution >= 0.6 is 0 Å². The molecule has 0 aromatic heterocycles. The molecule has 0 saturated heterocycles. The molecule has 0 aliphatic carbocycles. The molecule has 0 heterocycles. The molecule has 11 nitrogen and oxygen atoms in total. The molecule has 2 aromatic rings. The Kier molecular flexibility index (Phi) is 7.93. The van der Waals surface area contributed by atoms with Gasteiger partial charge in [0.25, 0.3) is 5.91 Å². The van der Waals surface area contributed by atoms with Gasteiger partial charge in [0, 0.05) is 12.1 Å². The number of carbonyl (C=O) groups is 1. The average Bonchev–Trinajstić information content (AvgIpc) is 2.70. The molecule has 0 bridgehead atoms. The van der Waals surface area contributed by atoms with Gasteiger partial charge in [0.2, 0.25) is 0 Å². The van der Waals surface area contributed by atoms with Crippen molar-refractivity contribution in [3.8, 4) is 11.5 Å². The van der Waals surface area contributed by atoms with E-state index >= 15 is 0 Å². The van der Waals surface area contributed by atoms with Gasteiger partial charge in [-0.05, 0) is 46.6 Å². The van der Waals surface area contributed by atoms with Gasteiger partial charge in [-0.2, -0.15) is 5.10 Å². The van der Waals surface area contributed by atoms with Crippen molar-refractivity contribution in [1.82, 2.24) is 5.43 Å². The number of rotatable bonds is 9. The predicted octanol–water partition coefficient (Wildman–Crippen LogP) is 4.45. The second kappa shape index (κ2) is 10.3. The van der Waals surface area contributed by atoms with Crippen LogP contribution < -0.4 is 10.2 Å². The van der Waals surface area contributed by atoms with E-state index in [1.807, 2.05) is 13.8 Å². The smallest absolute Gasteiger partial charge is 0.311 e. The zero-order valence-corrected chi connectivity index (χ0v) is 19.7. The number of ether oxygens (including phenoxy) is 1. The summed E-state index contributed by atoms with van der Waals surface area (Å²) >= 11 is 0. The van der Waals surface area contributed by atoms with E-state index in [2.05, 4.69) is 31.3 Å². The van der Waals surface area contributed by atoms with Crippen LogP contribution in [0.25, 0.3) is 0 Å². The summed E-state index contributed by atoms with van der Waals surface area (Å²) in [5, 5.41) is 35.6. The van der Waals surface area contributed by atoms with Gasteiger partial charge in [-0.25, -0.2) is 5.43 Å². The van der Waals surface area contributed by atoms with Crippen LogP contribution in [-0.2, 0) is 10.2 Å². The predicted molar refractivity (Wildman–Crippen MR) is 126 cm³/mol. The second-order valence-corrected chi connectivity index (χ2v) is 9.65. The number of hydrazone groups is 1. The number of nitro benzene ring substituents is 2. The Bertz CT molecular complexity index is 1120. The van der Waals surface area contributed by atoms with Gasteiger partial charge in [-0.3, -0.25) is 25.0 Å². The monoisotopic (exact) mass is 472 g/mol. The Morgan fingerprint density at radius 3 is 2.26 bits per heavy atom. The van der Waals surface area contributed by atoms with Crippen LogP contribution in [0.15, 0.2) is 41.5 Å². The van der Waals surface area contributed by atoms with Crippen LogP contribution in [0.3, 0.4) is 0 Å². The van der Waals surface area contributed by atoms with Crippen molar-refractivity contribution in [3.05, 3.63) is 67.8 Å². The van der Waals surface area contributed by atoms with Gasteiger partial charge in [-0.15, -0.1) is 0 Å². The lowest BCUT2D eigenvalue weighted by Crippen LogP contribution is -2.26. The Labute approximate surface area is 196 Å². The minimum absolute atomic E-state index is 0.0271. The number of amides is 1. The highest BCUT2D eigenvalue weighted by Crippen LogP contribution is 2.39. The maximum atomic E-state index is 12.0. The summed E-state index contributed by atoms with van der Waals surface area (Å²) in [4.78, 5) is 33.0. The van der Waals surface area contributed by atoms with Crippen molar-refractivity contribution in [2.75, 3.05) is 6.61 Å². The third-order valence-electron chi connectivity index (χ3n) is 4.87. The molecule has 0 saturated carbocycles. The second-order valence-electron chi connectivity index (χ2n) is 9.65. The standard InChI is InChI=1S/C23H28N4O7/c1-22(2,3)14-23(4,5)16-7-9-20(18(11-16)27(32)33)34-13-21(29)25-24-12-15-6-8-17(26(30)31)19(28)10-15/h6-12,28H,13-14H2,1-5H3,(H,25,29)/b24-12+. The van der Waals surface area contributed by atoms with E-state index in [9.17, 15) is 30.1 Å². The van der Waals surface area contributed by atoms with Gasteiger partial charge < -0.3 is 9.84 Å². The average molecular weight is 472 g/mol. The maximum absolute atomic E-state index is 12.0. The van der Waals surface area contributed by atoms with E-state index in [0.29, 0.717) is 5.56 Å². The molecule has 2 N–H and O–H groups in total. The fourth-order valence-corrected chi connectivity index (χ4v) is 3.76. The highest BCUT2D eigenvalue weighted by Gasteiger charge is 2.30. The van der Waals surface area contributed by atoms with Crippen molar-refractivity contribution >= 4 is 23.5 Å². The number of nitro groups is 2. The molecule has 0 fully saturated rings. The summed E-state index contributed by atoms with van der Waals surface area (Å²) in [6.07, 6.45) is 1.99. The molecule has 11 heteroatoms. The summed E-state index contributed by atoms with van der Waals surface area (Å²) < 4.78 is 5.35. The molecular formula is C23H28N4O7. The van der Waals surface area contributed by atoms with Gasteiger partial charge in [0.05, 0.1) is 16.1 Å². The van der Waals surface area contributed by atoms with Crippen LogP contribution in [0.4, 0.5) is 11.4 Å². The number of phenolic OH excluding ortho intramolecular Hbond substituents is 1. The number of aromatic hydroxyl groups is 1. The Morgan fingerprint density at radius 1 is 1.06 bits per heavy atom. The van der Waals surface area contributed by atoms with E-state index in [1.54, 1.807) is 6.07 Å². The van der Waals surface area contributed by atoms with Crippen molar-refractivity contribution in [2.24, 2.45) is 10.5 Å². The van der Waals surface area contributed by atoms with Crippen molar-refractivity contribution in [1.29, 1.82) is 0 Å². The van der Waals surface area contributed by atoms with E-state index < -0.39 is 33.8 Å². The highest BCUT2D eigenvalue weighted by atomic mass is 16.6. The third kappa shape index (κ3) is 7.26. The minimum Gasteiger partial charge on any atom is -0.502 e. The third-order valence-corrected chi connectivity index (χ3v) is 4.87. The van der Waals surface area contributed by atoms with Crippen molar-refractivity contribution in [2.45, 2.75) is 46.5 Å². The summed E-state index contributed by atoms with van der Waals surface area (Å²) in [6, 6.07) is 8.27. The minimum atomic E-state index is -0.729. The van der Waals surface area contributed by atoms with Gasteiger partial charge in [0.15, 0.2) is 18.1 Å². The Hall–Kier alpha value is -4.02. The number of hydrogen-bond acceptors (Lipinski definition) is 8. The lowest BCUT2D eigenvalue weighted by molar-refractivity contribution is -0.386. The van der Waals surface area contributed by atoms with Gasteiger partial charge >= 0.3 is 11.4 Å². The van der Waals surface area contributed by atoms with Gasteiger partial charge in [0.1, 0.15) is 0 Å². The van der Waals surface area contributed by atoms with Crippen LogP contribution in [0.2, 0.25) is 0 Å². The summed E-state index contributed by atoms with van der Waals surface area (Å²) in [5.74, 6) is -1.25. The largest absolute Gasteiger partial charge is 0.502 e. The molecule has 182 valence electrons. The maximum Gasteiger partial charge on any atom is 0.311 e. The first-order chi connectivity index (χ1) is 15.7. The van der Waals surface area contributed by atoms with Crippen LogP contribution in [0.5, 0.6) is 11.5 Å². The molecule has 2 rings (SSSR count). The van der Waals surface area contributed by atoms with E-state index in [-0.39, 0.29) is 22.3 Å². The normalized spacial score (nSPS) is 11.9. The quantitative estimate of drug-likeness (QED) is 0.310. The molecule has 1 amide bonds. The SMILES string of the molecule is CC(C)(C)CC(C)(C)c1ccc(OCC(=O)N/N=C/c2ccc([N+](=O)[O-])c(O)c2)c([N+](=O)[O-])c1. The van der Waals surface area contributed by atoms with E-state index in [0.717, 1.165) is 24.1 Å². The van der Waals surface area contributed by atoms with Crippen LogP contribution in [-0.4, -0.2) is 33.7 Å². The molecule has 0 atom stereocenters. The molecule has 0 aliphatic rings. The van der Waals surface area contributed by atoms with Crippen LogP contribution in [0, 0.1) is 25.6 Å². The first-order valence-electron chi connectivity index (χ1n) is 10.4.